The monoisotopic (exact) mass is 662 g/mol. The minimum atomic E-state index is 0.639. The molecule has 0 spiro atoms. The Kier molecular flexibility index (Phi) is 6.84. The molecule has 0 N–H and O–H groups in total. The average Bonchev–Trinajstić information content (AvgIpc) is 3.74. The Bertz CT molecular complexity index is 2940. The van der Waals surface area contributed by atoms with Crippen LogP contribution >= 0.6 is 0 Å². The van der Waals surface area contributed by atoms with E-state index >= 15 is 0 Å². The van der Waals surface area contributed by atoms with Gasteiger partial charge in [0.1, 0.15) is 0 Å². The van der Waals surface area contributed by atoms with E-state index in [0.717, 1.165) is 61.6 Å². The molecule has 52 heavy (non-hydrogen) atoms. The summed E-state index contributed by atoms with van der Waals surface area (Å²) in [7, 11) is 0. The molecule has 0 atom stereocenters. The summed E-state index contributed by atoms with van der Waals surface area (Å²) in [4.78, 5) is 5.09. The van der Waals surface area contributed by atoms with Crippen molar-refractivity contribution in [2.45, 2.75) is 0 Å². The predicted octanol–water partition coefficient (Wildman–Crippen LogP) is 12.1. The Hall–Kier alpha value is -7.22. The molecular weight excluding hydrogens is 633 g/mol. The summed E-state index contributed by atoms with van der Waals surface area (Å²) in [6, 6.07) is 66.0. The first-order valence-corrected chi connectivity index (χ1v) is 17.4. The lowest BCUT2D eigenvalue weighted by molar-refractivity contribution is 1.17. The molecule has 0 fully saturated rings. The number of hydrogen-bond donors (Lipinski definition) is 0. The Morgan fingerprint density at radius 3 is 1.69 bits per heavy atom. The summed E-state index contributed by atoms with van der Waals surface area (Å²) in [6.07, 6.45) is 0. The fraction of sp³-hybridized carbons (Fsp3) is 0. The molecule has 0 saturated heterocycles. The lowest BCUT2D eigenvalue weighted by Crippen LogP contribution is -1.96. The molecule has 4 nitrogen and oxygen atoms in total. The van der Waals surface area contributed by atoms with E-state index < -0.39 is 0 Å². The number of fused-ring (bicyclic) bond motifs is 7. The maximum Gasteiger partial charge on any atom is 0.0992 e. The maximum atomic E-state index is 9.73. The largest absolute Gasteiger partial charge is 0.309 e. The van der Waals surface area contributed by atoms with Gasteiger partial charge in [0.15, 0.2) is 0 Å². The van der Waals surface area contributed by atoms with Gasteiger partial charge in [-0.2, -0.15) is 5.26 Å². The van der Waals surface area contributed by atoms with Crippen LogP contribution in [0.4, 0.5) is 0 Å². The van der Waals surface area contributed by atoms with Crippen LogP contribution in [0.5, 0.6) is 0 Å². The highest BCUT2D eigenvalue weighted by molar-refractivity contribution is 6.26. The number of pyridine rings is 1. The number of nitriles is 1. The number of aromatic nitrogens is 3. The molecule has 0 unspecified atom stereocenters. The van der Waals surface area contributed by atoms with Crippen molar-refractivity contribution in [1.82, 2.24) is 14.1 Å². The maximum absolute atomic E-state index is 9.73. The van der Waals surface area contributed by atoms with Crippen LogP contribution in [0.1, 0.15) is 5.56 Å². The van der Waals surface area contributed by atoms with E-state index in [1.807, 2.05) is 30.3 Å². The average molecular weight is 663 g/mol. The van der Waals surface area contributed by atoms with E-state index in [9.17, 15) is 5.26 Å². The molecule has 242 valence electrons. The second-order valence-corrected chi connectivity index (χ2v) is 13.1. The van der Waals surface area contributed by atoms with Crippen molar-refractivity contribution in [3.63, 3.8) is 0 Å². The molecule has 4 heteroatoms. The van der Waals surface area contributed by atoms with Crippen molar-refractivity contribution in [3.8, 4) is 51.1 Å². The Balaban J connectivity index is 1.20. The summed E-state index contributed by atoms with van der Waals surface area (Å²) < 4.78 is 4.70. The van der Waals surface area contributed by atoms with Crippen molar-refractivity contribution >= 4 is 43.6 Å². The van der Waals surface area contributed by atoms with Gasteiger partial charge in [-0.1, -0.05) is 121 Å². The lowest BCUT2D eigenvalue weighted by Gasteiger charge is -2.13. The van der Waals surface area contributed by atoms with E-state index in [0.29, 0.717) is 5.56 Å². The molecule has 7 aromatic carbocycles. The fourth-order valence-electron chi connectivity index (χ4n) is 7.78. The van der Waals surface area contributed by atoms with E-state index in [4.69, 9.17) is 4.98 Å². The number of para-hydroxylation sites is 2. The van der Waals surface area contributed by atoms with Gasteiger partial charge in [0.25, 0.3) is 0 Å². The molecule has 10 rings (SSSR count). The van der Waals surface area contributed by atoms with E-state index in [2.05, 4.69) is 167 Å². The summed E-state index contributed by atoms with van der Waals surface area (Å²) in [5.74, 6) is 0. The molecule has 0 aliphatic carbocycles. The predicted molar refractivity (Wildman–Crippen MR) is 214 cm³/mol. The second-order valence-electron chi connectivity index (χ2n) is 13.1. The zero-order valence-electron chi connectivity index (χ0n) is 28.1. The molecule has 3 heterocycles. The molecule has 0 amide bonds. The van der Waals surface area contributed by atoms with Gasteiger partial charge < -0.3 is 9.13 Å². The van der Waals surface area contributed by atoms with Gasteiger partial charge in [0, 0.05) is 44.0 Å². The molecule has 0 aliphatic rings. The minimum absolute atomic E-state index is 0.639. The first kappa shape index (κ1) is 29.7. The fourth-order valence-corrected chi connectivity index (χ4v) is 7.78. The van der Waals surface area contributed by atoms with Crippen LogP contribution in [-0.4, -0.2) is 14.1 Å². The van der Waals surface area contributed by atoms with Gasteiger partial charge in [-0.25, -0.2) is 4.98 Å². The smallest absolute Gasteiger partial charge is 0.0992 e. The molecule has 0 bridgehead atoms. The van der Waals surface area contributed by atoms with Crippen LogP contribution in [0.15, 0.2) is 182 Å². The molecule has 10 aromatic rings. The van der Waals surface area contributed by atoms with Gasteiger partial charge in [-0.05, 0) is 71.8 Å². The molecule has 0 aliphatic heterocycles. The number of rotatable bonds is 5. The molecule has 3 aromatic heterocycles. The second kappa shape index (κ2) is 12.0. The summed E-state index contributed by atoms with van der Waals surface area (Å²) >= 11 is 0. The van der Waals surface area contributed by atoms with Gasteiger partial charge in [0.05, 0.1) is 45.1 Å². The van der Waals surface area contributed by atoms with Gasteiger partial charge in [0.2, 0.25) is 0 Å². The zero-order chi connectivity index (χ0) is 34.6. The first-order valence-electron chi connectivity index (χ1n) is 17.4. The van der Waals surface area contributed by atoms with E-state index in [1.165, 1.54) is 27.1 Å². The summed E-state index contributed by atoms with van der Waals surface area (Å²) in [6.45, 7) is 0. The third kappa shape index (κ3) is 4.72. The lowest BCUT2D eigenvalue weighted by atomic mass is 10.00. The van der Waals surface area contributed by atoms with Crippen LogP contribution in [0, 0.1) is 11.3 Å². The number of hydrogen-bond acceptors (Lipinski definition) is 2. The molecule has 0 saturated carbocycles. The van der Waals surface area contributed by atoms with Gasteiger partial charge >= 0.3 is 0 Å². The van der Waals surface area contributed by atoms with Crippen molar-refractivity contribution in [3.05, 3.63) is 188 Å². The van der Waals surface area contributed by atoms with Crippen molar-refractivity contribution in [2.75, 3.05) is 0 Å². The summed E-state index contributed by atoms with van der Waals surface area (Å²) in [5.41, 5.74) is 13.5. The third-order valence-electron chi connectivity index (χ3n) is 10.1. The Morgan fingerprint density at radius 1 is 0.404 bits per heavy atom. The molecular formula is C48H30N4. The SMILES string of the molecule is N#Cc1cccc(-n2c3ccccc3c3c2ccc2c4ccccc4n(-c4ccc(-c5cc(-c6ccccc6)nc(-c6ccccc6)c5)cc4)c23)c1. The highest BCUT2D eigenvalue weighted by atomic mass is 15.0. The first-order chi connectivity index (χ1) is 25.7. The Morgan fingerprint density at radius 2 is 1.02 bits per heavy atom. The van der Waals surface area contributed by atoms with Crippen LogP contribution in [0.3, 0.4) is 0 Å². The summed E-state index contributed by atoms with van der Waals surface area (Å²) in [5, 5.41) is 14.5. The van der Waals surface area contributed by atoms with Crippen LogP contribution in [0.2, 0.25) is 0 Å². The van der Waals surface area contributed by atoms with E-state index in [-0.39, 0.29) is 0 Å². The number of benzene rings is 7. The van der Waals surface area contributed by atoms with Crippen LogP contribution < -0.4 is 0 Å². The Labute approximate surface area is 300 Å². The highest BCUT2D eigenvalue weighted by Crippen LogP contribution is 2.42. The highest BCUT2D eigenvalue weighted by Gasteiger charge is 2.21. The van der Waals surface area contributed by atoms with Crippen LogP contribution in [-0.2, 0) is 0 Å². The quantitative estimate of drug-likeness (QED) is 0.184. The normalized spacial score (nSPS) is 11.4. The standard InChI is InChI=1S/C48H30N4/c49-31-32-12-11-17-38(28-32)51-45-21-10-8-19-41(45)47-46(51)27-26-40-39-18-7-9-20-44(39)52(48(40)47)37-24-22-33(23-25-37)36-29-42(34-13-3-1-4-14-34)50-43(30-36)35-15-5-2-6-16-35/h1-30H. The van der Waals surface area contributed by atoms with Crippen molar-refractivity contribution < 1.29 is 0 Å². The number of nitrogens with zero attached hydrogens (tertiary/aromatic N) is 4. The molecule has 0 radical (unpaired) electrons. The van der Waals surface area contributed by atoms with Gasteiger partial charge in [-0.15, -0.1) is 0 Å². The topological polar surface area (TPSA) is 46.5 Å². The van der Waals surface area contributed by atoms with Gasteiger partial charge in [-0.3, -0.25) is 0 Å². The van der Waals surface area contributed by atoms with Crippen molar-refractivity contribution in [2.24, 2.45) is 0 Å². The zero-order valence-corrected chi connectivity index (χ0v) is 28.1. The van der Waals surface area contributed by atoms with Crippen LogP contribution in [0.25, 0.3) is 88.6 Å². The van der Waals surface area contributed by atoms with E-state index in [1.54, 1.807) is 0 Å². The minimum Gasteiger partial charge on any atom is -0.309 e. The van der Waals surface area contributed by atoms with Crippen molar-refractivity contribution in [1.29, 1.82) is 5.26 Å². The third-order valence-corrected chi connectivity index (χ3v) is 10.1.